The summed E-state index contributed by atoms with van der Waals surface area (Å²) in [5.74, 6) is 0.512. The van der Waals surface area contributed by atoms with Gasteiger partial charge in [0.25, 0.3) is 0 Å². The second-order valence-electron chi connectivity index (χ2n) is 5.24. The first-order valence-electron chi connectivity index (χ1n) is 6.99. The number of ether oxygens (including phenoxy) is 2. The standard InChI is InChI=1S/C16H23NO4/c1-11(2)5-8-15(18)17-10-12-6-7-14(20-3)13(9-12)16(19)21-4/h6-7,9,11H,5,8,10H2,1-4H3,(H,17,18). The first-order chi connectivity index (χ1) is 9.97. The van der Waals surface area contributed by atoms with Crippen LogP contribution in [0.25, 0.3) is 0 Å². The van der Waals surface area contributed by atoms with Gasteiger partial charge in [0.05, 0.1) is 14.2 Å². The molecule has 0 atom stereocenters. The number of nitrogens with one attached hydrogen (secondary N) is 1. The third-order valence-electron chi connectivity index (χ3n) is 3.11. The lowest BCUT2D eigenvalue weighted by Gasteiger charge is -2.10. The van der Waals surface area contributed by atoms with Gasteiger partial charge in [-0.25, -0.2) is 4.79 Å². The van der Waals surface area contributed by atoms with Crippen LogP contribution in [0.3, 0.4) is 0 Å². The average Bonchev–Trinajstić information content (AvgIpc) is 2.49. The number of benzene rings is 1. The monoisotopic (exact) mass is 293 g/mol. The summed E-state index contributed by atoms with van der Waals surface area (Å²) in [7, 11) is 2.82. The van der Waals surface area contributed by atoms with Gasteiger partial charge in [-0.15, -0.1) is 0 Å². The van der Waals surface area contributed by atoms with Crippen LogP contribution < -0.4 is 10.1 Å². The molecule has 1 aromatic carbocycles. The van der Waals surface area contributed by atoms with Crippen LogP contribution in [-0.2, 0) is 16.1 Å². The summed E-state index contributed by atoms with van der Waals surface area (Å²) >= 11 is 0. The van der Waals surface area contributed by atoms with E-state index in [9.17, 15) is 9.59 Å². The molecule has 0 fully saturated rings. The van der Waals surface area contributed by atoms with E-state index in [1.54, 1.807) is 12.1 Å². The molecule has 21 heavy (non-hydrogen) atoms. The number of rotatable bonds is 7. The Balaban J connectivity index is 2.68. The minimum atomic E-state index is -0.458. The zero-order valence-electron chi connectivity index (χ0n) is 13.1. The van der Waals surface area contributed by atoms with E-state index in [-0.39, 0.29) is 5.91 Å². The van der Waals surface area contributed by atoms with Crippen molar-refractivity contribution in [1.82, 2.24) is 5.32 Å². The molecule has 0 aliphatic carbocycles. The Hall–Kier alpha value is -2.04. The molecule has 5 heteroatoms. The molecular formula is C16H23NO4. The fourth-order valence-corrected chi connectivity index (χ4v) is 1.84. The van der Waals surface area contributed by atoms with Crippen molar-refractivity contribution in [2.75, 3.05) is 14.2 Å². The molecule has 5 nitrogen and oxygen atoms in total. The molecule has 0 heterocycles. The summed E-state index contributed by atoms with van der Waals surface area (Å²) in [6, 6.07) is 5.18. The minimum Gasteiger partial charge on any atom is -0.496 e. The summed E-state index contributed by atoms with van der Waals surface area (Å²) in [4.78, 5) is 23.4. The van der Waals surface area contributed by atoms with E-state index < -0.39 is 5.97 Å². The Kier molecular flexibility index (Phi) is 6.72. The predicted molar refractivity (Wildman–Crippen MR) is 80.3 cm³/mol. The Bertz CT molecular complexity index is 497. The van der Waals surface area contributed by atoms with Crippen molar-refractivity contribution in [3.05, 3.63) is 29.3 Å². The Morgan fingerprint density at radius 2 is 1.95 bits per heavy atom. The van der Waals surface area contributed by atoms with Crippen molar-refractivity contribution in [1.29, 1.82) is 0 Å². The van der Waals surface area contributed by atoms with Gasteiger partial charge in [-0.2, -0.15) is 0 Å². The first-order valence-corrected chi connectivity index (χ1v) is 6.99. The number of hydrogen-bond donors (Lipinski definition) is 1. The van der Waals surface area contributed by atoms with Crippen LogP contribution in [0.15, 0.2) is 18.2 Å². The fourth-order valence-electron chi connectivity index (χ4n) is 1.84. The second kappa shape index (κ2) is 8.29. The van der Waals surface area contributed by atoms with Crippen LogP contribution in [-0.4, -0.2) is 26.1 Å². The van der Waals surface area contributed by atoms with Gasteiger partial charge < -0.3 is 14.8 Å². The van der Waals surface area contributed by atoms with E-state index in [0.717, 1.165) is 12.0 Å². The molecule has 1 N–H and O–H groups in total. The Morgan fingerprint density at radius 3 is 2.52 bits per heavy atom. The van der Waals surface area contributed by atoms with Crippen molar-refractivity contribution in [2.24, 2.45) is 5.92 Å². The van der Waals surface area contributed by atoms with E-state index in [1.165, 1.54) is 14.2 Å². The molecular weight excluding hydrogens is 270 g/mol. The predicted octanol–water partition coefficient (Wildman–Crippen LogP) is 2.53. The van der Waals surface area contributed by atoms with Crippen molar-refractivity contribution < 1.29 is 19.1 Å². The smallest absolute Gasteiger partial charge is 0.341 e. The van der Waals surface area contributed by atoms with Crippen molar-refractivity contribution in [3.63, 3.8) is 0 Å². The third-order valence-corrected chi connectivity index (χ3v) is 3.11. The van der Waals surface area contributed by atoms with E-state index in [1.807, 2.05) is 6.07 Å². The maximum atomic E-state index is 11.7. The largest absolute Gasteiger partial charge is 0.496 e. The molecule has 1 rings (SSSR count). The van der Waals surface area contributed by atoms with Gasteiger partial charge in [-0.05, 0) is 30.0 Å². The maximum Gasteiger partial charge on any atom is 0.341 e. The molecule has 116 valence electrons. The third kappa shape index (κ3) is 5.45. The van der Waals surface area contributed by atoms with E-state index in [2.05, 4.69) is 19.2 Å². The molecule has 0 aromatic heterocycles. The van der Waals surface area contributed by atoms with Crippen LogP contribution in [0.1, 0.15) is 42.6 Å². The maximum absolute atomic E-state index is 11.7. The summed E-state index contributed by atoms with van der Waals surface area (Å²) in [6.07, 6.45) is 1.37. The number of esters is 1. The van der Waals surface area contributed by atoms with Crippen LogP contribution in [0, 0.1) is 5.92 Å². The van der Waals surface area contributed by atoms with Crippen molar-refractivity contribution in [3.8, 4) is 5.75 Å². The quantitative estimate of drug-likeness (QED) is 0.785. The first kappa shape index (κ1) is 17.0. The molecule has 0 aliphatic heterocycles. The van der Waals surface area contributed by atoms with Crippen molar-refractivity contribution >= 4 is 11.9 Å². The van der Waals surface area contributed by atoms with Gasteiger partial charge in [0, 0.05) is 13.0 Å². The number of carbonyl (C=O) groups is 2. The van der Waals surface area contributed by atoms with Gasteiger partial charge in [-0.1, -0.05) is 19.9 Å². The second-order valence-corrected chi connectivity index (χ2v) is 5.24. The van der Waals surface area contributed by atoms with E-state index in [4.69, 9.17) is 9.47 Å². The highest BCUT2D eigenvalue weighted by Crippen LogP contribution is 2.20. The molecule has 0 bridgehead atoms. The lowest BCUT2D eigenvalue weighted by atomic mass is 10.1. The topological polar surface area (TPSA) is 64.6 Å². The molecule has 0 unspecified atom stereocenters. The minimum absolute atomic E-state index is 0.0131. The lowest BCUT2D eigenvalue weighted by Crippen LogP contribution is -2.23. The summed E-state index contributed by atoms with van der Waals surface area (Å²) in [6.45, 7) is 4.55. The highest BCUT2D eigenvalue weighted by molar-refractivity contribution is 5.92. The molecule has 0 saturated heterocycles. The molecule has 0 radical (unpaired) electrons. The number of amides is 1. The van der Waals surface area contributed by atoms with Gasteiger partial charge >= 0.3 is 5.97 Å². The van der Waals surface area contributed by atoms with Gasteiger partial charge in [0.15, 0.2) is 0 Å². The molecule has 0 saturated carbocycles. The molecule has 0 spiro atoms. The Labute approximate surface area is 125 Å². The van der Waals surface area contributed by atoms with Crippen LogP contribution >= 0.6 is 0 Å². The van der Waals surface area contributed by atoms with E-state index >= 15 is 0 Å². The van der Waals surface area contributed by atoms with Crippen LogP contribution in [0.5, 0.6) is 5.75 Å². The molecule has 1 amide bonds. The normalized spacial score (nSPS) is 10.3. The number of methoxy groups -OCH3 is 2. The highest BCUT2D eigenvalue weighted by Gasteiger charge is 2.13. The lowest BCUT2D eigenvalue weighted by molar-refractivity contribution is -0.121. The zero-order valence-corrected chi connectivity index (χ0v) is 13.1. The van der Waals surface area contributed by atoms with Gasteiger partial charge in [0.2, 0.25) is 5.91 Å². The average molecular weight is 293 g/mol. The highest BCUT2D eigenvalue weighted by atomic mass is 16.5. The van der Waals surface area contributed by atoms with Crippen LogP contribution in [0.4, 0.5) is 0 Å². The van der Waals surface area contributed by atoms with Crippen molar-refractivity contribution in [2.45, 2.75) is 33.2 Å². The SMILES string of the molecule is COC(=O)c1cc(CNC(=O)CCC(C)C)ccc1OC. The summed E-state index contributed by atoms with van der Waals surface area (Å²) in [5.41, 5.74) is 1.18. The number of hydrogen-bond acceptors (Lipinski definition) is 4. The fraction of sp³-hybridized carbons (Fsp3) is 0.500. The summed E-state index contributed by atoms with van der Waals surface area (Å²) in [5, 5.41) is 2.84. The van der Waals surface area contributed by atoms with E-state index in [0.29, 0.717) is 30.2 Å². The Morgan fingerprint density at radius 1 is 1.24 bits per heavy atom. The van der Waals surface area contributed by atoms with Crippen LogP contribution in [0.2, 0.25) is 0 Å². The molecule has 0 aliphatic rings. The molecule has 1 aromatic rings. The summed E-state index contributed by atoms with van der Waals surface area (Å²) < 4.78 is 9.84. The number of carbonyl (C=O) groups excluding carboxylic acids is 2. The van der Waals surface area contributed by atoms with Gasteiger partial charge in [-0.3, -0.25) is 4.79 Å². The van der Waals surface area contributed by atoms with Gasteiger partial charge in [0.1, 0.15) is 11.3 Å². The zero-order chi connectivity index (χ0) is 15.8.